The number of carbonyl (C=O) groups is 2. The molecule has 1 aromatic heterocycles. The summed E-state index contributed by atoms with van der Waals surface area (Å²) in [7, 11) is 0. The highest BCUT2D eigenvalue weighted by atomic mass is 16.3. The molecule has 1 amide bonds. The van der Waals surface area contributed by atoms with Crippen molar-refractivity contribution in [2.24, 2.45) is 0 Å². The summed E-state index contributed by atoms with van der Waals surface area (Å²) in [4.78, 5) is 25.7. The zero-order valence-corrected chi connectivity index (χ0v) is 12.0. The summed E-state index contributed by atoms with van der Waals surface area (Å²) in [6.07, 6.45) is 0.978. The zero-order chi connectivity index (χ0) is 14.9. The van der Waals surface area contributed by atoms with Crippen molar-refractivity contribution in [3.63, 3.8) is 0 Å². The van der Waals surface area contributed by atoms with Gasteiger partial charge in [0, 0.05) is 13.0 Å². The van der Waals surface area contributed by atoms with Crippen LogP contribution in [0.2, 0.25) is 0 Å². The molecule has 0 saturated heterocycles. The molecule has 0 saturated carbocycles. The lowest BCUT2D eigenvalue weighted by atomic mass is 10.00. The first-order valence-corrected chi connectivity index (χ1v) is 6.84. The van der Waals surface area contributed by atoms with Crippen molar-refractivity contribution in [2.45, 2.75) is 39.7 Å². The average Bonchev–Trinajstić information content (AvgIpc) is 2.95. The minimum Gasteiger partial charge on any atom is -0.503 e. The van der Waals surface area contributed by atoms with Crippen molar-refractivity contribution in [3.8, 4) is 0 Å². The molecule has 1 N–H and O–H groups in total. The second-order valence-corrected chi connectivity index (χ2v) is 4.89. The lowest BCUT2D eigenvalue weighted by molar-refractivity contribution is -0.129. The minimum atomic E-state index is -0.608. The van der Waals surface area contributed by atoms with Gasteiger partial charge in [-0.3, -0.25) is 9.59 Å². The van der Waals surface area contributed by atoms with Crippen LogP contribution in [0.25, 0.3) is 0 Å². The van der Waals surface area contributed by atoms with E-state index in [0.29, 0.717) is 18.1 Å². The maximum atomic E-state index is 12.1. The van der Waals surface area contributed by atoms with E-state index in [2.05, 4.69) is 0 Å². The summed E-state index contributed by atoms with van der Waals surface area (Å²) in [5.74, 6) is 0.0595. The molecule has 1 aliphatic rings. The van der Waals surface area contributed by atoms with Gasteiger partial charge in [-0.25, -0.2) is 0 Å². The Balaban J connectivity index is 2.50. The van der Waals surface area contributed by atoms with Gasteiger partial charge in [-0.15, -0.1) is 0 Å². The Morgan fingerprint density at radius 2 is 2.10 bits per heavy atom. The maximum Gasteiger partial charge on any atom is 0.290 e. The molecule has 1 aromatic rings. The number of aliphatic hydroxyl groups is 1. The first-order chi connectivity index (χ1) is 9.51. The van der Waals surface area contributed by atoms with Crippen LogP contribution in [0.15, 0.2) is 27.9 Å². The molecule has 0 aliphatic carbocycles. The predicted octanol–water partition coefficient (Wildman–Crippen LogP) is 2.67. The number of carbonyl (C=O) groups excluding carboxylic acids is 2. The van der Waals surface area contributed by atoms with E-state index in [0.717, 1.165) is 6.42 Å². The molecule has 1 unspecified atom stereocenters. The lowest BCUT2D eigenvalue weighted by Gasteiger charge is -2.24. The van der Waals surface area contributed by atoms with Gasteiger partial charge in [0.2, 0.25) is 0 Å². The van der Waals surface area contributed by atoms with Crippen LogP contribution in [0, 0.1) is 6.92 Å². The smallest absolute Gasteiger partial charge is 0.290 e. The first kappa shape index (κ1) is 14.4. The number of rotatable bonds is 5. The largest absolute Gasteiger partial charge is 0.503 e. The number of hydrogen-bond acceptors (Lipinski definition) is 4. The summed E-state index contributed by atoms with van der Waals surface area (Å²) in [6, 6.07) is 2.92. The Labute approximate surface area is 117 Å². The molecule has 1 aliphatic heterocycles. The van der Waals surface area contributed by atoms with Gasteiger partial charge in [0.15, 0.2) is 11.5 Å². The molecule has 0 fully saturated rings. The van der Waals surface area contributed by atoms with Crippen LogP contribution in [0.1, 0.15) is 44.3 Å². The predicted molar refractivity (Wildman–Crippen MR) is 73.1 cm³/mol. The third-order valence-electron chi connectivity index (χ3n) is 3.42. The molecule has 0 bridgehead atoms. The molecule has 0 aromatic carbocycles. The van der Waals surface area contributed by atoms with Crippen molar-refractivity contribution in [1.29, 1.82) is 0 Å². The van der Waals surface area contributed by atoms with E-state index in [1.54, 1.807) is 26.0 Å². The monoisotopic (exact) mass is 277 g/mol. The Hall–Kier alpha value is -2.04. The van der Waals surface area contributed by atoms with Crippen LogP contribution in [0.4, 0.5) is 0 Å². The molecule has 20 heavy (non-hydrogen) atoms. The van der Waals surface area contributed by atoms with E-state index in [-0.39, 0.29) is 17.8 Å². The van der Waals surface area contributed by atoms with Crippen molar-refractivity contribution >= 4 is 11.7 Å². The van der Waals surface area contributed by atoms with Gasteiger partial charge >= 0.3 is 0 Å². The van der Waals surface area contributed by atoms with Crippen LogP contribution in [-0.2, 0) is 9.59 Å². The normalized spacial score (nSPS) is 19.1. The van der Waals surface area contributed by atoms with Gasteiger partial charge in [-0.2, -0.15) is 0 Å². The van der Waals surface area contributed by atoms with Gasteiger partial charge in [0.25, 0.3) is 5.91 Å². The van der Waals surface area contributed by atoms with E-state index >= 15 is 0 Å². The number of nitrogens with zero attached hydrogens (tertiary/aromatic N) is 1. The molecule has 108 valence electrons. The Morgan fingerprint density at radius 1 is 1.40 bits per heavy atom. The molecule has 5 heteroatoms. The van der Waals surface area contributed by atoms with Gasteiger partial charge in [-0.05, 0) is 25.5 Å². The molecule has 0 radical (unpaired) electrons. The maximum absolute atomic E-state index is 12.1. The zero-order valence-electron chi connectivity index (χ0n) is 12.0. The topological polar surface area (TPSA) is 70.8 Å². The van der Waals surface area contributed by atoms with Crippen LogP contribution >= 0.6 is 0 Å². The molecule has 1 atom stereocenters. The molecular weight excluding hydrogens is 258 g/mol. The van der Waals surface area contributed by atoms with Crippen LogP contribution < -0.4 is 0 Å². The third kappa shape index (κ3) is 2.24. The highest BCUT2D eigenvalue weighted by Gasteiger charge is 2.43. The van der Waals surface area contributed by atoms with Crippen molar-refractivity contribution in [3.05, 3.63) is 35.0 Å². The SMILES string of the molecule is CCCN1C(=O)C(O)=C(C(=O)CC)C1c1ccc(C)o1. The summed E-state index contributed by atoms with van der Waals surface area (Å²) in [5, 5.41) is 10.0. The molecule has 2 rings (SSSR count). The highest BCUT2D eigenvalue weighted by molar-refractivity contribution is 6.08. The van der Waals surface area contributed by atoms with Crippen molar-refractivity contribution in [1.82, 2.24) is 4.90 Å². The second-order valence-electron chi connectivity index (χ2n) is 4.89. The quantitative estimate of drug-likeness (QED) is 0.898. The number of ketones is 1. The number of aryl methyl sites for hydroxylation is 1. The molecular formula is C15H19NO4. The van der Waals surface area contributed by atoms with Gasteiger partial charge < -0.3 is 14.4 Å². The standard InChI is InChI=1S/C15H19NO4/c1-4-8-16-13(11-7-6-9(3)20-11)12(10(17)5-2)14(18)15(16)19/h6-7,13,18H,4-5,8H2,1-3H3. The number of aliphatic hydroxyl groups excluding tert-OH is 1. The molecule has 2 heterocycles. The Morgan fingerprint density at radius 3 is 2.60 bits per heavy atom. The van der Waals surface area contributed by atoms with Crippen LogP contribution in [-0.4, -0.2) is 28.2 Å². The first-order valence-electron chi connectivity index (χ1n) is 6.84. The second kappa shape index (κ2) is 5.53. The third-order valence-corrected chi connectivity index (χ3v) is 3.42. The summed E-state index contributed by atoms with van der Waals surface area (Å²) < 4.78 is 5.57. The Bertz CT molecular complexity index is 570. The van der Waals surface area contributed by atoms with E-state index in [4.69, 9.17) is 4.42 Å². The summed E-state index contributed by atoms with van der Waals surface area (Å²) in [6.45, 7) is 5.91. The molecule has 5 nitrogen and oxygen atoms in total. The van der Waals surface area contributed by atoms with Gasteiger partial charge in [-0.1, -0.05) is 13.8 Å². The van der Waals surface area contributed by atoms with Crippen LogP contribution in [0.3, 0.4) is 0 Å². The van der Waals surface area contributed by atoms with Gasteiger partial charge in [0.05, 0.1) is 5.57 Å². The fourth-order valence-corrected chi connectivity index (χ4v) is 2.50. The summed E-state index contributed by atoms with van der Waals surface area (Å²) in [5.41, 5.74) is 0.153. The lowest BCUT2D eigenvalue weighted by Crippen LogP contribution is -2.31. The fraction of sp³-hybridized carbons (Fsp3) is 0.467. The number of Topliss-reactive ketones (excluding diaryl/α,β-unsaturated/α-hetero) is 1. The van der Waals surface area contributed by atoms with E-state index < -0.39 is 17.7 Å². The van der Waals surface area contributed by atoms with E-state index in [1.165, 1.54) is 4.90 Å². The number of furan rings is 1. The van der Waals surface area contributed by atoms with Gasteiger partial charge in [0.1, 0.15) is 17.6 Å². The van der Waals surface area contributed by atoms with E-state index in [9.17, 15) is 14.7 Å². The fourth-order valence-electron chi connectivity index (χ4n) is 2.50. The van der Waals surface area contributed by atoms with Crippen molar-refractivity contribution < 1.29 is 19.1 Å². The van der Waals surface area contributed by atoms with E-state index in [1.807, 2.05) is 6.92 Å². The minimum absolute atomic E-state index is 0.153. The highest BCUT2D eigenvalue weighted by Crippen LogP contribution is 2.38. The number of hydrogen-bond donors (Lipinski definition) is 1. The van der Waals surface area contributed by atoms with Crippen LogP contribution in [0.5, 0.6) is 0 Å². The molecule has 0 spiro atoms. The average molecular weight is 277 g/mol. The summed E-state index contributed by atoms with van der Waals surface area (Å²) >= 11 is 0. The number of amides is 1. The van der Waals surface area contributed by atoms with Crippen molar-refractivity contribution in [2.75, 3.05) is 6.54 Å². The Kier molecular flexibility index (Phi) is 3.97.